The maximum Gasteiger partial charge on any atom is 0.294 e. The molecule has 0 aliphatic rings. The Morgan fingerprint density at radius 2 is 1.37 bits per heavy atom. The van der Waals surface area contributed by atoms with Gasteiger partial charge in [0, 0.05) is 0 Å². The van der Waals surface area contributed by atoms with E-state index in [0.29, 0.717) is 16.3 Å². The molecule has 6 nitrogen and oxygen atoms in total. The molecule has 2 aromatic carbocycles. The molecule has 0 aromatic heterocycles. The Labute approximate surface area is 110 Å². The summed E-state index contributed by atoms with van der Waals surface area (Å²) >= 11 is 0. The van der Waals surface area contributed by atoms with Gasteiger partial charge in [-0.1, -0.05) is 6.07 Å². The molecule has 0 radical (unpaired) electrons. The number of hydrogen-bond donors (Lipinski definition) is 2. The molecule has 8 heteroatoms. The predicted octanol–water partition coefficient (Wildman–Crippen LogP) is 1.64. The molecule has 2 rings (SSSR count). The van der Waals surface area contributed by atoms with Gasteiger partial charge in [0.25, 0.3) is 20.2 Å². The van der Waals surface area contributed by atoms with Gasteiger partial charge in [0.1, 0.15) is 0 Å². The second-order valence-electron chi connectivity index (χ2n) is 4.07. The van der Waals surface area contributed by atoms with Crippen molar-refractivity contribution in [2.24, 2.45) is 0 Å². The van der Waals surface area contributed by atoms with Gasteiger partial charge in [-0.3, -0.25) is 9.11 Å². The van der Waals surface area contributed by atoms with E-state index < -0.39 is 20.2 Å². The first-order valence-electron chi connectivity index (χ1n) is 5.08. The monoisotopic (exact) mass is 302 g/mol. The molecule has 0 saturated heterocycles. The first-order valence-corrected chi connectivity index (χ1v) is 7.96. The highest BCUT2D eigenvalue weighted by Crippen LogP contribution is 2.25. The van der Waals surface area contributed by atoms with Gasteiger partial charge >= 0.3 is 0 Å². The molecule has 0 fully saturated rings. The van der Waals surface area contributed by atoms with Gasteiger partial charge in [-0.25, -0.2) is 0 Å². The van der Waals surface area contributed by atoms with E-state index in [0.717, 1.165) is 12.1 Å². The van der Waals surface area contributed by atoms with Crippen LogP contribution in [-0.4, -0.2) is 25.9 Å². The molecular formula is C11H10O6S2. The van der Waals surface area contributed by atoms with Crippen LogP contribution in [0.25, 0.3) is 10.8 Å². The lowest BCUT2D eigenvalue weighted by Gasteiger charge is -2.06. The van der Waals surface area contributed by atoms with Crippen molar-refractivity contribution in [2.75, 3.05) is 0 Å². The van der Waals surface area contributed by atoms with E-state index in [1.807, 2.05) is 0 Å². The standard InChI is InChI=1S/C11H10O6S2/c1-7-4-10(19(15,16)17)6-8-5-9(18(12,13)14)2-3-11(7)8/h2-6H,1H3,(H,12,13,14)(H,15,16,17). The third-order valence-electron chi connectivity index (χ3n) is 2.70. The van der Waals surface area contributed by atoms with Gasteiger partial charge in [-0.05, 0) is 47.5 Å². The molecule has 0 aliphatic carbocycles. The molecule has 0 bridgehead atoms. The Balaban J connectivity index is 2.85. The van der Waals surface area contributed by atoms with E-state index in [1.54, 1.807) is 6.92 Å². The molecule has 0 heterocycles. The Hall–Kier alpha value is -1.48. The van der Waals surface area contributed by atoms with Gasteiger partial charge in [0.2, 0.25) is 0 Å². The van der Waals surface area contributed by atoms with Crippen LogP contribution in [0.5, 0.6) is 0 Å². The molecule has 0 amide bonds. The Bertz CT molecular complexity index is 860. The summed E-state index contributed by atoms with van der Waals surface area (Å²) in [5.41, 5.74) is 0.562. The van der Waals surface area contributed by atoms with Gasteiger partial charge in [-0.15, -0.1) is 0 Å². The minimum Gasteiger partial charge on any atom is -0.282 e. The lowest BCUT2D eigenvalue weighted by molar-refractivity contribution is 0.481. The van der Waals surface area contributed by atoms with Crippen LogP contribution in [0.4, 0.5) is 0 Å². The third kappa shape index (κ3) is 2.76. The number of hydrogen-bond acceptors (Lipinski definition) is 4. The minimum atomic E-state index is -4.38. The second-order valence-corrected chi connectivity index (χ2v) is 6.92. The average molecular weight is 302 g/mol. The van der Waals surface area contributed by atoms with Crippen LogP contribution in [0, 0.1) is 6.92 Å². The lowest BCUT2D eigenvalue weighted by Crippen LogP contribution is -2.00. The van der Waals surface area contributed by atoms with Gasteiger partial charge < -0.3 is 0 Å². The Morgan fingerprint density at radius 3 is 1.89 bits per heavy atom. The van der Waals surface area contributed by atoms with Crippen LogP contribution < -0.4 is 0 Å². The number of aryl methyl sites for hydroxylation is 1. The first kappa shape index (κ1) is 13.9. The Morgan fingerprint density at radius 1 is 0.842 bits per heavy atom. The topological polar surface area (TPSA) is 109 Å². The van der Waals surface area contributed by atoms with Gasteiger partial charge in [-0.2, -0.15) is 16.8 Å². The first-order chi connectivity index (χ1) is 8.59. The van der Waals surface area contributed by atoms with Crippen LogP contribution in [0.15, 0.2) is 40.1 Å². The summed E-state index contributed by atoms with van der Waals surface area (Å²) in [4.78, 5) is -0.670. The summed E-state index contributed by atoms with van der Waals surface area (Å²) in [6.45, 7) is 1.63. The van der Waals surface area contributed by atoms with Crippen molar-refractivity contribution < 1.29 is 25.9 Å². The highest BCUT2D eigenvalue weighted by atomic mass is 32.2. The van der Waals surface area contributed by atoms with Gasteiger partial charge in [0.15, 0.2) is 0 Å². The minimum absolute atomic E-state index is 0.294. The summed E-state index contributed by atoms with van der Waals surface area (Å²) in [6.07, 6.45) is 0. The van der Waals surface area contributed by atoms with Crippen LogP contribution >= 0.6 is 0 Å². The summed E-state index contributed by atoms with van der Waals surface area (Å²) in [5.74, 6) is 0. The van der Waals surface area contributed by atoms with Crippen molar-refractivity contribution >= 4 is 31.0 Å². The van der Waals surface area contributed by atoms with E-state index in [9.17, 15) is 16.8 Å². The quantitative estimate of drug-likeness (QED) is 0.816. The smallest absolute Gasteiger partial charge is 0.282 e. The maximum absolute atomic E-state index is 11.1. The highest BCUT2D eigenvalue weighted by molar-refractivity contribution is 7.86. The lowest BCUT2D eigenvalue weighted by atomic mass is 10.1. The zero-order valence-corrected chi connectivity index (χ0v) is 11.4. The fourth-order valence-electron chi connectivity index (χ4n) is 1.81. The maximum atomic E-state index is 11.1. The van der Waals surface area contributed by atoms with Crippen molar-refractivity contribution in [2.45, 2.75) is 16.7 Å². The second kappa shape index (κ2) is 4.27. The van der Waals surface area contributed by atoms with Crippen molar-refractivity contribution in [3.63, 3.8) is 0 Å². The Kier molecular flexibility index (Phi) is 3.13. The molecule has 0 saturated carbocycles. The summed E-state index contributed by atoms with van der Waals surface area (Å²) in [6, 6.07) is 6.25. The van der Waals surface area contributed by atoms with Crippen molar-refractivity contribution in [1.82, 2.24) is 0 Å². The van der Waals surface area contributed by atoms with Crippen LogP contribution in [-0.2, 0) is 20.2 Å². The molecule has 2 N–H and O–H groups in total. The van der Waals surface area contributed by atoms with Gasteiger partial charge in [0.05, 0.1) is 9.79 Å². The summed E-state index contributed by atoms with van der Waals surface area (Å²) < 4.78 is 62.2. The van der Waals surface area contributed by atoms with Crippen LogP contribution in [0.1, 0.15) is 5.56 Å². The molecule has 2 aromatic rings. The zero-order chi connectivity index (χ0) is 14.4. The van der Waals surface area contributed by atoms with Crippen molar-refractivity contribution in [1.29, 1.82) is 0 Å². The van der Waals surface area contributed by atoms with Crippen molar-refractivity contribution in [3.05, 3.63) is 35.9 Å². The molecule has 0 aliphatic heterocycles. The van der Waals surface area contributed by atoms with E-state index in [1.165, 1.54) is 18.2 Å². The molecule has 0 unspecified atom stereocenters. The van der Waals surface area contributed by atoms with E-state index in [-0.39, 0.29) is 9.79 Å². The third-order valence-corrected chi connectivity index (χ3v) is 4.38. The number of fused-ring (bicyclic) bond motifs is 1. The molecule has 0 atom stereocenters. The normalized spacial score (nSPS) is 12.8. The largest absolute Gasteiger partial charge is 0.294 e. The SMILES string of the molecule is Cc1cc(S(=O)(=O)O)cc2cc(S(=O)(=O)O)ccc12. The fraction of sp³-hybridized carbons (Fsp3) is 0.0909. The average Bonchev–Trinajstić information content (AvgIpc) is 2.25. The molecule has 0 spiro atoms. The van der Waals surface area contributed by atoms with E-state index in [2.05, 4.69) is 0 Å². The zero-order valence-electron chi connectivity index (χ0n) is 9.73. The van der Waals surface area contributed by atoms with Crippen LogP contribution in [0.3, 0.4) is 0 Å². The number of benzene rings is 2. The van der Waals surface area contributed by atoms with E-state index in [4.69, 9.17) is 9.11 Å². The van der Waals surface area contributed by atoms with Crippen molar-refractivity contribution in [3.8, 4) is 0 Å². The summed E-state index contributed by atoms with van der Waals surface area (Å²) in [5, 5.41) is 0.919. The van der Waals surface area contributed by atoms with Crippen LogP contribution in [0.2, 0.25) is 0 Å². The predicted molar refractivity (Wildman–Crippen MR) is 68.3 cm³/mol. The van der Waals surface area contributed by atoms with E-state index >= 15 is 0 Å². The summed E-state index contributed by atoms with van der Waals surface area (Å²) in [7, 11) is -8.74. The molecular weight excluding hydrogens is 292 g/mol. The number of rotatable bonds is 2. The molecule has 19 heavy (non-hydrogen) atoms. The highest BCUT2D eigenvalue weighted by Gasteiger charge is 2.14. The fourth-order valence-corrected chi connectivity index (χ4v) is 2.93. The molecule has 102 valence electrons.